The van der Waals surface area contributed by atoms with Crippen LogP contribution in [0.15, 0.2) is 54.6 Å². The van der Waals surface area contributed by atoms with Gasteiger partial charge in [0.05, 0.1) is 7.11 Å². The van der Waals surface area contributed by atoms with E-state index in [0.29, 0.717) is 24.3 Å². The summed E-state index contributed by atoms with van der Waals surface area (Å²) < 4.78 is 10.8. The lowest BCUT2D eigenvalue weighted by Crippen LogP contribution is -2.12. The Morgan fingerprint density at radius 1 is 1.04 bits per heavy atom. The molecule has 0 atom stereocenters. The van der Waals surface area contributed by atoms with Crippen molar-refractivity contribution in [3.05, 3.63) is 65.7 Å². The highest BCUT2D eigenvalue weighted by atomic mass is 16.5. The van der Waals surface area contributed by atoms with E-state index in [-0.39, 0.29) is 12.5 Å². The van der Waals surface area contributed by atoms with Crippen molar-refractivity contribution in [1.29, 1.82) is 0 Å². The number of methoxy groups -OCH3 is 1. The van der Waals surface area contributed by atoms with Crippen LogP contribution in [0.5, 0.6) is 11.5 Å². The van der Waals surface area contributed by atoms with Crippen molar-refractivity contribution in [2.75, 3.05) is 19.0 Å². The molecule has 3 rings (SSSR count). The maximum Gasteiger partial charge on any atom is 0.224 e. The van der Waals surface area contributed by atoms with Crippen LogP contribution in [-0.4, -0.2) is 19.6 Å². The number of fused-ring (bicyclic) bond motifs is 1. The van der Waals surface area contributed by atoms with Gasteiger partial charge in [0.15, 0.2) is 11.5 Å². The molecule has 0 aliphatic carbocycles. The number of rotatable bonds is 7. The summed E-state index contributed by atoms with van der Waals surface area (Å²) in [5.74, 6) is 3.61. The van der Waals surface area contributed by atoms with Gasteiger partial charge in [0.1, 0.15) is 6.61 Å². The number of nitrogens with one attached hydrogen (secondary N) is 1. The molecule has 0 heterocycles. The first-order chi connectivity index (χ1) is 13.6. The molecular weight excluding hydrogens is 350 g/mol. The van der Waals surface area contributed by atoms with Gasteiger partial charge in [-0.25, -0.2) is 0 Å². The molecule has 1 N–H and O–H groups in total. The van der Waals surface area contributed by atoms with Crippen LogP contribution in [0.25, 0.3) is 10.8 Å². The van der Waals surface area contributed by atoms with Gasteiger partial charge in [0, 0.05) is 12.1 Å². The zero-order valence-corrected chi connectivity index (χ0v) is 16.1. The Morgan fingerprint density at radius 3 is 2.61 bits per heavy atom. The molecule has 0 unspecified atom stereocenters. The Balaban J connectivity index is 1.61. The molecule has 0 aromatic heterocycles. The molecule has 0 saturated heterocycles. The van der Waals surface area contributed by atoms with Crippen molar-refractivity contribution in [2.45, 2.75) is 19.8 Å². The van der Waals surface area contributed by atoms with Crippen LogP contribution in [0, 0.1) is 19.3 Å². The van der Waals surface area contributed by atoms with Crippen molar-refractivity contribution in [1.82, 2.24) is 0 Å². The number of hydrogen-bond acceptors (Lipinski definition) is 3. The highest BCUT2D eigenvalue weighted by Crippen LogP contribution is 2.28. The second-order valence-electron chi connectivity index (χ2n) is 6.59. The third-order valence-corrected chi connectivity index (χ3v) is 4.46. The van der Waals surface area contributed by atoms with Gasteiger partial charge < -0.3 is 14.8 Å². The van der Waals surface area contributed by atoms with E-state index in [1.165, 1.54) is 5.56 Å². The molecule has 1 amide bonds. The van der Waals surface area contributed by atoms with E-state index in [1.807, 2.05) is 36.4 Å². The monoisotopic (exact) mass is 373 g/mol. The molecular formula is C24H23NO3. The van der Waals surface area contributed by atoms with Crippen LogP contribution in [0.3, 0.4) is 0 Å². The van der Waals surface area contributed by atoms with Crippen molar-refractivity contribution in [3.8, 4) is 23.8 Å². The highest BCUT2D eigenvalue weighted by Gasteiger charge is 2.08. The highest BCUT2D eigenvalue weighted by molar-refractivity contribution is 5.94. The average molecular weight is 373 g/mol. The average Bonchev–Trinajstić information content (AvgIpc) is 2.71. The minimum absolute atomic E-state index is 0.0295. The molecule has 3 aromatic rings. The maximum absolute atomic E-state index is 12.3. The summed E-state index contributed by atoms with van der Waals surface area (Å²) in [6.45, 7) is 2.25. The number of anilines is 1. The van der Waals surface area contributed by atoms with E-state index in [0.717, 1.165) is 22.0 Å². The van der Waals surface area contributed by atoms with Gasteiger partial charge in [0.25, 0.3) is 0 Å². The minimum atomic E-state index is -0.0295. The minimum Gasteiger partial charge on any atom is -0.493 e. The Labute approximate surface area is 165 Å². The fourth-order valence-corrected chi connectivity index (χ4v) is 3.03. The van der Waals surface area contributed by atoms with Gasteiger partial charge in [-0.15, -0.1) is 6.42 Å². The molecule has 0 radical (unpaired) electrons. The van der Waals surface area contributed by atoms with E-state index in [4.69, 9.17) is 15.9 Å². The van der Waals surface area contributed by atoms with Crippen molar-refractivity contribution >= 4 is 22.4 Å². The topological polar surface area (TPSA) is 47.6 Å². The van der Waals surface area contributed by atoms with Gasteiger partial charge in [-0.3, -0.25) is 4.79 Å². The third kappa shape index (κ3) is 4.83. The fraction of sp³-hybridized carbons (Fsp3) is 0.208. The second-order valence-corrected chi connectivity index (χ2v) is 6.59. The lowest BCUT2D eigenvalue weighted by Gasteiger charge is -2.11. The summed E-state index contributed by atoms with van der Waals surface area (Å²) >= 11 is 0. The lowest BCUT2D eigenvalue weighted by atomic mass is 10.1. The van der Waals surface area contributed by atoms with Gasteiger partial charge in [-0.2, -0.15) is 0 Å². The van der Waals surface area contributed by atoms with Gasteiger partial charge in [-0.1, -0.05) is 41.8 Å². The molecule has 0 bridgehead atoms. The number of carbonyl (C=O) groups is 1. The van der Waals surface area contributed by atoms with Crippen LogP contribution in [-0.2, 0) is 11.2 Å². The van der Waals surface area contributed by atoms with Crippen LogP contribution < -0.4 is 14.8 Å². The SMILES string of the molecule is C#CCOc1ccc(CCC(=O)Nc2ccc3cc(C)ccc3c2)cc1OC. The van der Waals surface area contributed by atoms with Crippen molar-refractivity contribution in [3.63, 3.8) is 0 Å². The largest absolute Gasteiger partial charge is 0.493 e. The predicted octanol–water partition coefficient (Wildman–Crippen LogP) is 4.74. The van der Waals surface area contributed by atoms with Crippen LogP contribution >= 0.6 is 0 Å². The number of terminal acetylenes is 1. The first kappa shape index (κ1) is 19.3. The van der Waals surface area contributed by atoms with Crippen LogP contribution in [0.4, 0.5) is 5.69 Å². The summed E-state index contributed by atoms with van der Waals surface area (Å²) in [5, 5.41) is 5.24. The van der Waals surface area contributed by atoms with E-state index < -0.39 is 0 Å². The lowest BCUT2D eigenvalue weighted by molar-refractivity contribution is -0.116. The fourth-order valence-electron chi connectivity index (χ4n) is 3.03. The molecule has 0 saturated carbocycles. The van der Waals surface area contributed by atoms with Crippen LogP contribution in [0.2, 0.25) is 0 Å². The Morgan fingerprint density at radius 2 is 1.82 bits per heavy atom. The molecule has 4 heteroatoms. The molecule has 0 spiro atoms. The Bertz CT molecular complexity index is 1030. The van der Waals surface area contributed by atoms with Crippen LogP contribution in [0.1, 0.15) is 17.5 Å². The molecule has 28 heavy (non-hydrogen) atoms. The number of hydrogen-bond donors (Lipinski definition) is 1. The van der Waals surface area contributed by atoms with Crippen molar-refractivity contribution in [2.24, 2.45) is 0 Å². The number of benzene rings is 3. The molecule has 0 fully saturated rings. The molecule has 0 aliphatic heterocycles. The van der Waals surface area contributed by atoms with Gasteiger partial charge >= 0.3 is 0 Å². The summed E-state index contributed by atoms with van der Waals surface area (Å²) in [7, 11) is 1.58. The first-order valence-corrected chi connectivity index (χ1v) is 9.12. The molecule has 142 valence electrons. The van der Waals surface area contributed by atoms with E-state index >= 15 is 0 Å². The summed E-state index contributed by atoms with van der Waals surface area (Å²) in [5.41, 5.74) is 3.02. The number of amides is 1. The van der Waals surface area contributed by atoms with Crippen molar-refractivity contribution < 1.29 is 14.3 Å². The molecule has 3 aromatic carbocycles. The van der Waals surface area contributed by atoms with E-state index in [9.17, 15) is 4.79 Å². The zero-order valence-electron chi connectivity index (χ0n) is 16.1. The van der Waals surface area contributed by atoms with E-state index in [1.54, 1.807) is 7.11 Å². The van der Waals surface area contributed by atoms with E-state index in [2.05, 4.69) is 36.4 Å². The number of carbonyl (C=O) groups excluding carboxylic acids is 1. The summed E-state index contributed by atoms with van der Waals surface area (Å²) in [6, 6.07) is 17.8. The van der Waals surface area contributed by atoms with Gasteiger partial charge in [0.2, 0.25) is 5.91 Å². The molecule has 4 nitrogen and oxygen atoms in total. The summed E-state index contributed by atoms with van der Waals surface area (Å²) in [4.78, 5) is 12.3. The smallest absolute Gasteiger partial charge is 0.224 e. The number of aryl methyl sites for hydroxylation is 2. The standard InChI is InChI=1S/C24H23NO3/c1-4-13-28-22-11-6-18(15-23(22)27-3)7-12-24(26)25-21-10-9-19-14-17(2)5-8-20(19)16-21/h1,5-6,8-11,14-16H,7,12-13H2,2-3H3,(H,25,26). The third-order valence-electron chi connectivity index (χ3n) is 4.46. The Kier molecular flexibility index (Phi) is 6.18. The quantitative estimate of drug-likeness (QED) is 0.609. The first-order valence-electron chi connectivity index (χ1n) is 9.12. The normalized spacial score (nSPS) is 10.3. The summed E-state index contributed by atoms with van der Waals surface area (Å²) in [6.07, 6.45) is 6.20. The number of ether oxygens (including phenoxy) is 2. The Hall–Kier alpha value is -3.45. The maximum atomic E-state index is 12.3. The molecule has 0 aliphatic rings. The second kappa shape index (κ2) is 8.96. The zero-order chi connectivity index (χ0) is 19.9. The predicted molar refractivity (Wildman–Crippen MR) is 113 cm³/mol. The van der Waals surface area contributed by atoms with Gasteiger partial charge in [-0.05, 0) is 53.9 Å².